The van der Waals surface area contributed by atoms with Crippen LogP contribution in [-0.4, -0.2) is 26.5 Å². The van der Waals surface area contributed by atoms with Crippen molar-refractivity contribution in [2.45, 2.75) is 11.0 Å². The molecule has 1 rings (SSSR count). The van der Waals surface area contributed by atoms with Crippen LogP contribution in [0.2, 0.25) is 0 Å². The predicted molar refractivity (Wildman–Crippen MR) is 57.5 cm³/mol. The van der Waals surface area contributed by atoms with Crippen LogP contribution in [0.15, 0.2) is 0 Å². The maximum atomic E-state index is 8.66. The fourth-order valence-corrected chi connectivity index (χ4v) is 1.82. The van der Waals surface area contributed by atoms with E-state index in [1.54, 1.807) is 4.68 Å². The lowest BCUT2D eigenvalue weighted by atomic mass is 10.6. The summed E-state index contributed by atoms with van der Waals surface area (Å²) in [6.07, 6.45) is 0. The number of alkyl halides is 1. The second kappa shape index (κ2) is 4.55. The van der Waals surface area contributed by atoms with Crippen LogP contribution in [0.5, 0.6) is 0 Å². The lowest BCUT2D eigenvalue weighted by Gasteiger charge is -1.98. The highest BCUT2D eigenvalue weighted by atomic mass is 127. The summed E-state index contributed by atoms with van der Waals surface area (Å²) in [5, 5.41) is 12.8. The molecule has 0 aliphatic carbocycles. The Morgan fingerprint density at radius 1 is 1.55 bits per heavy atom. The van der Waals surface area contributed by atoms with Crippen molar-refractivity contribution < 1.29 is 5.11 Å². The second-order valence-corrected chi connectivity index (χ2v) is 3.61. The van der Waals surface area contributed by atoms with Crippen molar-refractivity contribution in [3.8, 4) is 0 Å². The number of aliphatic hydroxyl groups excluding tert-OH is 1. The molecular formula is C5H7I2N3O. The fourth-order valence-electron chi connectivity index (χ4n) is 0.717. The largest absolute Gasteiger partial charge is 0.394 e. The zero-order valence-corrected chi connectivity index (χ0v) is 9.98. The quantitative estimate of drug-likeness (QED) is 0.625. The zero-order valence-electron chi connectivity index (χ0n) is 5.67. The first kappa shape index (κ1) is 9.65. The van der Waals surface area contributed by atoms with Crippen molar-refractivity contribution in [3.63, 3.8) is 0 Å². The molecule has 0 fully saturated rings. The van der Waals surface area contributed by atoms with E-state index in [-0.39, 0.29) is 6.61 Å². The molecule has 4 nitrogen and oxygen atoms in total. The lowest BCUT2D eigenvalue weighted by molar-refractivity contribution is 0.267. The minimum atomic E-state index is 0.114. The normalized spacial score (nSPS) is 10.5. The number of hydrogen-bond donors (Lipinski definition) is 1. The van der Waals surface area contributed by atoms with Crippen molar-refractivity contribution in [2.75, 3.05) is 6.61 Å². The monoisotopic (exact) mass is 379 g/mol. The van der Waals surface area contributed by atoms with E-state index in [0.29, 0.717) is 6.54 Å². The Balaban J connectivity index is 2.83. The zero-order chi connectivity index (χ0) is 8.27. The van der Waals surface area contributed by atoms with Crippen LogP contribution in [-0.2, 0) is 11.0 Å². The van der Waals surface area contributed by atoms with Crippen LogP contribution in [0.1, 0.15) is 5.82 Å². The number of aliphatic hydroxyl groups is 1. The molecule has 0 unspecified atom stereocenters. The van der Waals surface area contributed by atoms with E-state index in [1.165, 1.54) is 0 Å². The van der Waals surface area contributed by atoms with Gasteiger partial charge in [-0.2, -0.15) is 0 Å². The average molecular weight is 379 g/mol. The standard InChI is InChI=1S/C5H7I2N3O/c6-3-4-8-5(7)9-10(4)1-2-11/h11H,1-3H2. The first-order valence-corrected chi connectivity index (χ1v) is 5.64. The van der Waals surface area contributed by atoms with Gasteiger partial charge in [0.1, 0.15) is 5.82 Å². The van der Waals surface area contributed by atoms with Gasteiger partial charge in [0.25, 0.3) is 0 Å². The molecule has 0 saturated heterocycles. The molecule has 0 radical (unpaired) electrons. The molecule has 11 heavy (non-hydrogen) atoms. The van der Waals surface area contributed by atoms with Gasteiger partial charge in [-0.25, -0.2) is 9.67 Å². The number of rotatable bonds is 3. The smallest absolute Gasteiger partial charge is 0.211 e. The summed E-state index contributed by atoms with van der Waals surface area (Å²) in [5.74, 6) is 0.920. The highest BCUT2D eigenvalue weighted by Crippen LogP contribution is 2.05. The number of halogens is 2. The van der Waals surface area contributed by atoms with E-state index in [2.05, 4.69) is 55.3 Å². The molecule has 0 amide bonds. The van der Waals surface area contributed by atoms with Crippen molar-refractivity contribution in [2.24, 2.45) is 0 Å². The molecule has 62 valence electrons. The molecule has 0 aliphatic rings. The third-order valence-electron chi connectivity index (χ3n) is 1.15. The van der Waals surface area contributed by atoms with Crippen LogP contribution in [0.4, 0.5) is 0 Å². The molecule has 1 N–H and O–H groups in total. The molecule has 0 aliphatic heterocycles. The molecular weight excluding hydrogens is 372 g/mol. The summed E-state index contributed by atoms with van der Waals surface area (Å²) in [4.78, 5) is 4.17. The Morgan fingerprint density at radius 2 is 2.27 bits per heavy atom. The number of nitrogens with zero attached hydrogens (tertiary/aromatic N) is 3. The Bertz CT molecular complexity index is 238. The number of aromatic nitrogens is 3. The van der Waals surface area contributed by atoms with Crippen LogP contribution in [0.25, 0.3) is 0 Å². The van der Waals surface area contributed by atoms with Gasteiger partial charge in [0.2, 0.25) is 3.83 Å². The van der Waals surface area contributed by atoms with E-state index < -0.39 is 0 Å². The summed E-state index contributed by atoms with van der Waals surface area (Å²) in [7, 11) is 0. The molecule has 0 aromatic carbocycles. The fraction of sp³-hybridized carbons (Fsp3) is 0.600. The van der Waals surface area contributed by atoms with Crippen molar-refractivity contribution in [1.29, 1.82) is 0 Å². The lowest BCUT2D eigenvalue weighted by Crippen LogP contribution is -2.07. The molecule has 0 bridgehead atoms. The first-order valence-electron chi connectivity index (χ1n) is 3.04. The van der Waals surface area contributed by atoms with Gasteiger partial charge in [-0.1, -0.05) is 22.6 Å². The summed E-state index contributed by atoms with van der Waals surface area (Å²) in [6.45, 7) is 0.650. The SMILES string of the molecule is OCCn1nc(I)nc1CI. The molecule has 0 atom stereocenters. The van der Waals surface area contributed by atoms with Crippen LogP contribution < -0.4 is 0 Å². The summed E-state index contributed by atoms with van der Waals surface area (Å²) >= 11 is 4.28. The highest BCUT2D eigenvalue weighted by molar-refractivity contribution is 14.1. The Labute approximate surface area is 91.7 Å². The Hall–Kier alpha value is 0.560. The molecule has 0 saturated carbocycles. The van der Waals surface area contributed by atoms with Gasteiger partial charge in [0.15, 0.2) is 0 Å². The van der Waals surface area contributed by atoms with E-state index in [4.69, 9.17) is 5.11 Å². The Morgan fingerprint density at radius 3 is 2.82 bits per heavy atom. The van der Waals surface area contributed by atoms with Gasteiger partial charge in [-0.15, -0.1) is 5.10 Å². The van der Waals surface area contributed by atoms with Gasteiger partial charge >= 0.3 is 0 Å². The maximum Gasteiger partial charge on any atom is 0.211 e. The van der Waals surface area contributed by atoms with E-state index in [0.717, 1.165) is 14.1 Å². The summed E-state index contributed by atoms with van der Waals surface area (Å²) in [6, 6.07) is 0. The third kappa shape index (κ3) is 2.51. The van der Waals surface area contributed by atoms with Gasteiger partial charge in [0, 0.05) is 22.6 Å². The summed E-state index contributed by atoms with van der Waals surface area (Å²) in [5.41, 5.74) is 0. The maximum absolute atomic E-state index is 8.66. The topological polar surface area (TPSA) is 50.9 Å². The first-order chi connectivity index (χ1) is 5.27. The van der Waals surface area contributed by atoms with Crippen molar-refractivity contribution >= 4 is 45.2 Å². The Kier molecular flexibility index (Phi) is 3.99. The van der Waals surface area contributed by atoms with Crippen LogP contribution >= 0.6 is 45.2 Å². The summed E-state index contributed by atoms with van der Waals surface area (Å²) < 4.78 is 3.30. The number of hydrogen-bond acceptors (Lipinski definition) is 3. The minimum absolute atomic E-state index is 0.114. The molecule has 1 aromatic heterocycles. The average Bonchev–Trinajstić information content (AvgIpc) is 2.32. The van der Waals surface area contributed by atoms with E-state index in [1.807, 2.05) is 0 Å². The van der Waals surface area contributed by atoms with Gasteiger partial charge in [-0.3, -0.25) is 0 Å². The third-order valence-corrected chi connectivity index (χ3v) is 2.29. The van der Waals surface area contributed by atoms with Crippen LogP contribution in [0.3, 0.4) is 0 Å². The molecule has 1 aromatic rings. The molecule has 6 heteroatoms. The van der Waals surface area contributed by atoms with Crippen molar-refractivity contribution in [3.05, 3.63) is 9.66 Å². The highest BCUT2D eigenvalue weighted by Gasteiger charge is 2.04. The van der Waals surface area contributed by atoms with Gasteiger partial charge in [0.05, 0.1) is 17.6 Å². The van der Waals surface area contributed by atoms with Crippen molar-refractivity contribution in [1.82, 2.24) is 14.8 Å². The second-order valence-electron chi connectivity index (χ2n) is 1.88. The predicted octanol–water partition coefficient (Wildman–Crippen LogP) is 0.810. The minimum Gasteiger partial charge on any atom is -0.394 e. The van der Waals surface area contributed by atoms with E-state index in [9.17, 15) is 0 Å². The van der Waals surface area contributed by atoms with Gasteiger partial charge in [-0.05, 0) is 0 Å². The van der Waals surface area contributed by atoms with E-state index >= 15 is 0 Å². The van der Waals surface area contributed by atoms with Gasteiger partial charge < -0.3 is 5.11 Å². The van der Waals surface area contributed by atoms with Crippen LogP contribution in [0, 0.1) is 3.83 Å². The molecule has 0 spiro atoms. The molecule has 1 heterocycles.